The highest BCUT2D eigenvalue weighted by Crippen LogP contribution is 2.26. The molecule has 0 bridgehead atoms. The number of aryl methyl sites for hydroxylation is 2. The van der Waals surface area contributed by atoms with E-state index in [2.05, 4.69) is 10.6 Å². The number of urea groups is 1. The largest absolute Gasteiger partial charge is 0.494 e. The summed E-state index contributed by atoms with van der Waals surface area (Å²) in [7, 11) is 0. The van der Waals surface area contributed by atoms with E-state index >= 15 is 0 Å². The minimum absolute atomic E-state index is 0.226. The number of carbonyl (C=O) groups excluding carboxylic acids is 4. The average Bonchev–Trinajstić information content (AvgIpc) is 2.88. The number of nitrogens with one attached hydrogen (secondary N) is 2. The van der Waals surface area contributed by atoms with E-state index in [1.807, 2.05) is 39.0 Å². The van der Waals surface area contributed by atoms with Crippen molar-refractivity contribution in [2.75, 3.05) is 23.4 Å². The summed E-state index contributed by atoms with van der Waals surface area (Å²) in [6.07, 6.45) is 1.37. The second-order valence-electron chi connectivity index (χ2n) is 8.60. The fraction of sp³-hybridized carbons (Fsp3) is 0.172. The van der Waals surface area contributed by atoms with Crippen LogP contribution < -0.4 is 25.0 Å². The summed E-state index contributed by atoms with van der Waals surface area (Å²) in [5.41, 5.74) is 3.38. The Morgan fingerprint density at radius 3 is 2.39 bits per heavy atom. The van der Waals surface area contributed by atoms with Crippen molar-refractivity contribution < 1.29 is 28.7 Å². The molecule has 1 saturated heterocycles. The molecule has 0 aliphatic carbocycles. The zero-order chi connectivity index (χ0) is 27.2. The Hall–Kier alpha value is -4.92. The molecule has 0 saturated carbocycles. The van der Waals surface area contributed by atoms with Crippen molar-refractivity contribution in [3.05, 3.63) is 89.0 Å². The van der Waals surface area contributed by atoms with Crippen LogP contribution in [0.5, 0.6) is 11.5 Å². The molecule has 9 heteroatoms. The van der Waals surface area contributed by atoms with Gasteiger partial charge in [-0.25, -0.2) is 9.69 Å². The third-order valence-corrected chi connectivity index (χ3v) is 5.82. The summed E-state index contributed by atoms with van der Waals surface area (Å²) >= 11 is 0. The Kier molecular flexibility index (Phi) is 7.86. The molecule has 3 aromatic rings. The summed E-state index contributed by atoms with van der Waals surface area (Å²) in [4.78, 5) is 51.4. The van der Waals surface area contributed by atoms with Crippen LogP contribution in [-0.4, -0.2) is 37.0 Å². The molecule has 1 aliphatic rings. The van der Waals surface area contributed by atoms with Crippen molar-refractivity contribution in [1.29, 1.82) is 0 Å². The number of imide groups is 2. The smallest absolute Gasteiger partial charge is 0.335 e. The second-order valence-corrected chi connectivity index (χ2v) is 8.60. The molecule has 3 aromatic carbocycles. The molecular weight excluding hydrogens is 486 g/mol. The quantitative estimate of drug-likeness (QED) is 0.341. The van der Waals surface area contributed by atoms with E-state index in [9.17, 15) is 19.2 Å². The maximum atomic E-state index is 13.2. The lowest BCUT2D eigenvalue weighted by atomic mass is 10.1. The highest BCUT2D eigenvalue weighted by Gasteiger charge is 2.37. The number of barbiturate groups is 1. The lowest BCUT2D eigenvalue weighted by molar-refractivity contribution is -0.122. The van der Waals surface area contributed by atoms with Crippen molar-refractivity contribution >= 4 is 41.2 Å². The molecule has 1 heterocycles. The van der Waals surface area contributed by atoms with Crippen LogP contribution in [0.3, 0.4) is 0 Å². The second kappa shape index (κ2) is 11.4. The number of benzene rings is 3. The molecule has 0 atom stereocenters. The minimum atomic E-state index is -0.849. The van der Waals surface area contributed by atoms with Crippen LogP contribution in [0.4, 0.5) is 16.2 Å². The van der Waals surface area contributed by atoms with Crippen LogP contribution in [0.2, 0.25) is 0 Å². The normalized spacial score (nSPS) is 14.3. The van der Waals surface area contributed by atoms with Gasteiger partial charge in [0.15, 0.2) is 6.61 Å². The van der Waals surface area contributed by atoms with Gasteiger partial charge in [-0.05, 0) is 79.9 Å². The highest BCUT2D eigenvalue weighted by atomic mass is 16.5. The van der Waals surface area contributed by atoms with Gasteiger partial charge in [-0.2, -0.15) is 0 Å². The molecule has 194 valence electrons. The van der Waals surface area contributed by atoms with Crippen molar-refractivity contribution in [3.8, 4) is 11.5 Å². The van der Waals surface area contributed by atoms with Gasteiger partial charge < -0.3 is 14.8 Å². The maximum absolute atomic E-state index is 13.2. The van der Waals surface area contributed by atoms with Gasteiger partial charge in [-0.15, -0.1) is 0 Å². The molecule has 2 N–H and O–H groups in total. The number of hydrogen-bond acceptors (Lipinski definition) is 6. The van der Waals surface area contributed by atoms with Crippen LogP contribution in [-0.2, 0) is 14.4 Å². The zero-order valence-electron chi connectivity index (χ0n) is 21.2. The van der Waals surface area contributed by atoms with Gasteiger partial charge in [0.25, 0.3) is 17.7 Å². The number of nitrogens with zero attached hydrogens (tertiary/aromatic N) is 1. The molecule has 4 rings (SSSR count). The average molecular weight is 514 g/mol. The van der Waals surface area contributed by atoms with Gasteiger partial charge in [0, 0.05) is 11.8 Å². The number of carbonyl (C=O) groups is 4. The highest BCUT2D eigenvalue weighted by molar-refractivity contribution is 6.39. The standard InChI is InChI=1S/C29H27N3O6/c1-4-37-24-10-6-8-22(16-24)32-28(35)25(27(34)31-29(32)36)15-20-7-5-9-23(14-20)38-17-26(33)30-21-12-11-18(2)19(3)13-21/h5-16H,4,17H2,1-3H3,(H,30,33)(H,31,34,36)/b25-15+. The Morgan fingerprint density at radius 2 is 1.66 bits per heavy atom. The van der Waals surface area contributed by atoms with Crippen molar-refractivity contribution in [1.82, 2.24) is 5.32 Å². The van der Waals surface area contributed by atoms with Gasteiger partial charge in [-0.3, -0.25) is 19.7 Å². The van der Waals surface area contributed by atoms with Crippen LogP contribution in [0.15, 0.2) is 72.3 Å². The van der Waals surface area contributed by atoms with Gasteiger partial charge >= 0.3 is 6.03 Å². The predicted molar refractivity (Wildman–Crippen MR) is 143 cm³/mol. The maximum Gasteiger partial charge on any atom is 0.335 e. The summed E-state index contributed by atoms with van der Waals surface area (Å²) < 4.78 is 11.1. The first-order valence-corrected chi connectivity index (χ1v) is 12.0. The zero-order valence-corrected chi connectivity index (χ0v) is 21.2. The monoisotopic (exact) mass is 513 g/mol. The molecule has 0 radical (unpaired) electrons. The Balaban J connectivity index is 1.48. The van der Waals surface area contributed by atoms with Crippen molar-refractivity contribution in [2.45, 2.75) is 20.8 Å². The first kappa shape index (κ1) is 26.2. The fourth-order valence-electron chi connectivity index (χ4n) is 3.80. The summed E-state index contributed by atoms with van der Waals surface area (Å²) in [6.45, 7) is 5.96. The Bertz CT molecular complexity index is 1450. The summed E-state index contributed by atoms with van der Waals surface area (Å²) in [6, 6.07) is 17.8. The van der Waals surface area contributed by atoms with Crippen LogP contribution >= 0.6 is 0 Å². The number of hydrogen-bond donors (Lipinski definition) is 2. The molecule has 0 aromatic heterocycles. The molecular formula is C29H27N3O6. The van der Waals surface area contributed by atoms with E-state index in [-0.39, 0.29) is 23.8 Å². The van der Waals surface area contributed by atoms with Crippen LogP contribution in [0.25, 0.3) is 6.08 Å². The van der Waals surface area contributed by atoms with E-state index in [4.69, 9.17) is 9.47 Å². The third kappa shape index (κ3) is 6.07. The first-order chi connectivity index (χ1) is 18.2. The molecule has 1 fully saturated rings. The van der Waals surface area contributed by atoms with E-state index < -0.39 is 17.8 Å². The van der Waals surface area contributed by atoms with E-state index in [0.717, 1.165) is 16.0 Å². The third-order valence-electron chi connectivity index (χ3n) is 5.82. The van der Waals surface area contributed by atoms with Gasteiger partial charge in [0.05, 0.1) is 12.3 Å². The summed E-state index contributed by atoms with van der Waals surface area (Å²) in [5.74, 6) is -1.06. The summed E-state index contributed by atoms with van der Waals surface area (Å²) in [5, 5.41) is 4.99. The molecule has 0 spiro atoms. The Labute approximate surface area is 220 Å². The van der Waals surface area contributed by atoms with Crippen LogP contribution in [0, 0.1) is 13.8 Å². The van der Waals surface area contributed by atoms with E-state index in [1.165, 1.54) is 6.08 Å². The van der Waals surface area contributed by atoms with E-state index in [1.54, 1.807) is 48.5 Å². The Morgan fingerprint density at radius 1 is 0.921 bits per heavy atom. The molecule has 0 unspecified atom stereocenters. The number of ether oxygens (including phenoxy) is 2. The lowest BCUT2D eigenvalue weighted by Crippen LogP contribution is -2.54. The van der Waals surface area contributed by atoms with Crippen molar-refractivity contribution in [2.24, 2.45) is 0 Å². The SMILES string of the molecule is CCOc1cccc(N2C(=O)NC(=O)/C(=C\c3cccc(OCC(=O)Nc4ccc(C)c(C)c4)c3)C2=O)c1. The number of rotatable bonds is 8. The molecule has 38 heavy (non-hydrogen) atoms. The topological polar surface area (TPSA) is 114 Å². The van der Waals surface area contributed by atoms with Crippen LogP contribution in [0.1, 0.15) is 23.6 Å². The van der Waals surface area contributed by atoms with E-state index in [0.29, 0.717) is 29.4 Å². The molecule has 9 nitrogen and oxygen atoms in total. The fourth-order valence-corrected chi connectivity index (χ4v) is 3.80. The number of amides is 5. The van der Waals surface area contributed by atoms with Gasteiger partial charge in [0.1, 0.15) is 17.1 Å². The van der Waals surface area contributed by atoms with Gasteiger partial charge in [0.2, 0.25) is 0 Å². The predicted octanol–water partition coefficient (Wildman–Crippen LogP) is 4.39. The number of anilines is 2. The molecule has 1 aliphatic heterocycles. The minimum Gasteiger partial charge on any atom is -0.494 e. The van der Waals surface area contributed by atoms with Crippen molar-refractivity contribution in [3.63, 3.8) is 0 Å². The first-order valence-electron chi connectivity index (χ1n) is 12.0. The molecule has 5 amide bonds. The van der Waals surface area contributed by atoms with Gasteiger partial charge in [-0.1, -0.05) is 24.3 Å². The lowest BCUT2D eigenvalue weighted by Gasteiger charge is -2.26.